The van der Waals surface area contributed by atoms with Crippen LogP contribution in [0, 0.1) is 0 Å². The molecule has 7 nitrogen and oxygen atoms in total. The molecule has 0 radical (unpaired) electrons. The molecule has 1 saturated heterocycles. The first-order chi connectivity index (χ1) is 15.8. The molecular formula is C24H28ClN3O4S. The second kappa shape index (κ2) is 10.2. The number of aryl methyl sites for hydroxylation is 1. The molecule has 0 aliphatic carbocycles. The molecule has 0 saturated carbocycles. The topological polar surface area (TPSA) is 86.8 Å². The van der Waals surface area contributed by atoms with Crippen LogP contribution in [0.25, 0.3) is 0 Å². The van der Waals surface area contributed by atoms with Crippen LogP contribution in [-0.2, 0) is 32.5 Å². The van der Waals surface area contributed by atoms with Gasteiger partial charge in [-0.05, 0) is 67.1 Å². The first-order valence-corrected chi connectivity index (χ1v) is 13.1. The van der Waals surface area contributed by atoms with Crippen LogP contribution in [0.5, 0.6) is 0 Å². The van der Waals surface area contributed by atoms with Crippen molar-refractivity contribution in [2.24, 2.45) is 0 Å². The molecule has 0 unspecified atom stereocenters. The maximum atomic E-state index is 13.0. The lowest BCUT2D eigenvalue weighted by atomic mass is 10.0. The molecule has 0 atom stereocenters. The number of rotatable bonds is 7. The predicted octanol–water partition coefficient (Wildman–Crippen LogP) is 3.15. The number of fused-ring (bicyclic) bond motifs is 1. The Hall–Kier alpha value is -2.42. The van der Waals surface area contributed by atoms with Gasteiger partial charge in [0.15, 0.2) is 0 Å². The lowest BCUT2D eigenvalue weighted by Gasteiger charge is -2.30. The fraction of sp³-hybridized carbons (Fsp3) is 0.417. The highest BCUT2D eigenvalue weighted by atomic mass is 35.5. The molecule has 0 aromatic heterocycles. The number of nitrogens with one attached hydrogen (secondary N) is 1. The lowest BCUT2D eigenvalue weighted by molar-refractivity contribution is -0.124. The minimum absolute atomic E-state index is 0.0926. The Bertz CT molecular complexity index is 1130. The Kier molecular flexibility index (Phi) is 7.36. The third-order valence-electron chi connectivity index (χ3n) is 6.15. The minimum Gasteiger partial charge on any atom is -0.354 e. The van der Waals surface area contributed by atoms with Crippen molar-refractivity contribution in [2.45, 2.75) is 43.4 Å². The normalized spacial score (nSPS) is 17.0. The molecular weight excluding hydrogens is 462 g/mol. The Morgan fingerprint density at radius 1 is 1.00 bits per heavy atom. The van der Waals surface area contributed by atoms with Crippen molar-refractivity contribution in [3.05, 3.63) is 58.6 Å². The Balaban J connectivity index is 1.42. The van der Waals surface area contributed by atoms with Crippen LogP contribution in [0.3, 0.4) is 0 Å². The fourth-order valence-corrected chi connectivity index (χ4v) is 6.02. The maximum absolute atomic E-state index is 13.0. The maximum Gasteiger partial charge on any atom is 0.243 e. The molecule has 2 aromatic carbocycles. The van der Waals surface area contributed by atoms with Gasteiger partial charge in [-0.15, -0.1) is 0 Å². The number of sulfonamides is 1. The summed E-state index contributed by atoms with van der Waals surface area (Å²) in [6.45, 7) is 1.44. The number of benzene rings is 2. The van der Waals surface area contributed by atoms with E-state index in [0.717, 1.165) is 30.4 Å². The van der Waals surface area contributed by atoms with Gasteiger partial charge in [0.05, 0.1) is 4.90 Å². The van der Waals surface area contributed by atoms with Crippen LogP contribution in [0.1, 0.15) is 36.8 Å². The number of hydrogen-bond donors (Lipinski definition) is 1. The van der Waals surface area contributed by atoms with E-state index in [-0.39, 0.29) is 29.7 Å². The van der Waals surface area contributed by atoms with E-state index in [9.17, 15) is 18.0 Å². The molecule has 2 heterocycles. The third kappa shape index (κ3) is 5.57. The van der Waals surface area contributed by atoms with Crippen molar-refractivity contribution < 1.29 is 18.0 Å². The molecule has 176 valence electrons. The predicted molar refractivity (Wildman–Crippen MR) is 128 cm³/mol. The highest BCUT2D eigenvalue weighted by molar-refractivity contribution is 7.89. The van der Waals surface area contributed by atoms with Gasteiger partial charge in [0.2, 0.25) is 21.8 Å². The van der Waals surface area contributed by atoms with Gasteiger partial charge < -0.3 is 10.2 Å². The van der Waals surface area contributed by atoms with E-state index in [2.05, 4.69) is 5.32 Å². The molecule has 2 aliphatic rings. The monoisotopic (exact) mass is 489 g/mol. The average molecular weight is 490 g/mol. The van der Waals surface area contributed by atoms with Crippen LogP contribution < -0.4 is 10.2 Å². The van der Waals surface area contributed by atoms with Crippen molar-refractivity contribution in [2.75, 3.05) is 31.1 Å². The van der Waals surface area contributed by atoms with Crippen molar-refractivity contribution in [1.29, 1.82) is 0 Å². The summed E-state index contributed by atoms with van der Waals surface area (Å²) in [5.74, 6) is -0.392. The molecule has 33 heavy (non-hydrogen) atoms. The third-order valence-corrected chi connectivity index (χ3v) is 8.30. The van der Waals surface area contributed by atoms with Gasteiger partial charge in [-0.1, -0.05) is 30.2 Å². The van der Waals surface area contributed by atoms with Gasteiger partial charge in [-0.3, -0.25) is 9.59 Å². The standard InChI is InChI=1S/C24H28ClN3O4S/c25-20-7-4-18(5-8-20)12-13-26-23(29)17-28-22-10-9-21(16-19(22)6-11-24(28)30)33(31,32)27-14-2-1-3-15-27/h4-5,7-10,16H,1-3,6,11-15,17H2,(H,26,29). The van der Waals surface area contributed by atoms with E-state index in [1.54, 1.807) is 18.2 Å². The van der Waals surface area contributed by atoms with E-state index in [4.69, 9.17) is 11.6 Å². The SMILES string of the molecule is O=C(CN1C(=O)CCc2cc(S(=O)(=O)N3CCCCC3)ccc21)NCCc1ccc(Cl)cc1. The summed E-state index contributed by atoms with van der Waals surface area (Å²) in [7, 11) is -3.55. The second-order valence-electron chi connectivity index (χ2n) is 8.46. The van der Waals surface area contributed by atoms with Crippen LogP contribution in [0.2, 0.25) is 5.02 Å². The molecule has 4 rings (SSSR count). The minimum atomic E-state index is -3.55. The van der Waals surface area contributed by atoms with E-state index < -0.39 is 10.0 Å². The highest BCUT2D eigenvalue weighted by Gasteiger charge is 2.30. The van der Waals surface area contributed by atoms with Gasteiger partial charge in [0.25, 0.3) is 0 Å². The molecule has 0 bridgehead atoms. The zero-order valence-corrected chi connectivity index (χ0v) is 20.0. The average Bonchev–Trinajstić information content (AvgIpc) is 2.82. The van der Waals surface area contributed by atoms with Gasteiger partial charge in [0.1, 0.15) is 6.54 Å². The summed E-state index contributed by atoms with van der Waals surface area (Å²) < 4.78 is 27.6. The number of piperidine rings is 1. The zero-order chi connectivity index (χ0) is 23.4. The van der Waals surface area contributed by atoms with E-state index >= 15 is 0 Å². The molecule has 1 N–H and O–H groups in total. The number of halogens is 1. The van der Waals surface area contributed by atoms with E-state index in [0.29, 0.717) is 43.2 Å². The van der Waals surface area contributed by atoms with Crippen molar-refractivity contribution in [3.8, 4) is 0 Å². The lowest BCUT2D eigenvalue weighted by Crippen LogP contribution is -2.43. The summed E-state index contributed by atoms with van der Waals surface area (Å²) in [5.41, 5.74) is 2.44. The summed E-state index contributed by atoms with van der Waals surface area (Å²) in [6, 6.07) is 12.3. The summed E-state index contributed by atoms with van der Waals surface area (Å²) in [5, 5.41) is 3.52. The molecule has 0 spiro atoms. The number of carbonyl (C=O) groups is 2. The summed E-state index contributed by atoms with van der Waals surface area (Å²) >= 11 is 5.89. The van der Waals surface area contributed by atoms with Crippen LogP contribution in [-0.4, -0.2) is 50.7 Å². The number of hydrogen-bond acceptors (Lipinski definition) is 4. The molecule has 9 heteroatoms. The van der Waals surface area contributed by atoms with Crippen molar-refractivity contribution >= 4 is 39.1 Å². The second-order valence-corrected chi connectivity index (χ2v) is 10.8. The van der Waals surface area contributed by atoms with Crippen molar-refractivity contribution in [3.63, 3.8) is 0 Å². The number of amides is 2. The van der Waals surface area contributed by atoms with Gasteiger partial charge in [0, 0.05) is 36.8 Å². The molecule has 1 fully saturated rings. The van der Waals surface area contributed by atoms with Crippen molar-refractivity contribution in [1.82, 2.24) is 9.62 Å². The number of nitrogens with zero attached hydrogens (tertiary/aromatic N) is 2. The Labute approximate surface area is 199 Å². The Morgan fingerprint density at radius 3 is 2.45 bits per heavy atom. The smallest absolute Gasteiger partial charge is 0.243 e. The van der Waals surface area contributed by atoms with Crippen LogP contribution in [0.15, 0.2) is 47.4 Å². The van der Waals surface area contributed by atoms with Crippen LogP contribution >= 0.6 is 11.6 Å². The van der Waals surface area contributed by atoms with Crippen LogP contribution in [0.4, 0.5) is 5.69 Å². The first kappa shape index (κ1) is 23.7. The summed E-state index contributed by atoms with van der Waals surface area (Å²) in [6.07, 6.45) is 4.17. The van der Waals surface area contributed by atoms with Gasteiger partial charge in [-0.25, -0.2) is 8.42 Å². The largest absolute Gasteiger partial charge is 0.354 e. The molecule has 2 aliphatic heterocycles. The summed E-state index contributed by atoms with van der Waals surface area (Å²) in [4.78, 5) is 26.8. The van der Waals surface area contributed by atoms with E-state index in [1.807, 2.05) is 24.3 Å². The van der Waals surface area contributed by atoms with Gasteiger partial charge >= 0.3 is 0 Å². The number of anilines is 1. The van der Waals surface area contributed by atoms with E-state index in [1.165, 1.54) is 9.21 Å². The molecule has 2 aromatic rings. The fourth-order valence-electron chi connectivity index (χ4n) is 4.32. The first-order valence-electron chi connectivity index (χ1n) is 11.3. The highest BCUT2D eigenvalue weighted by Crippen LogP contribution is 2.31. The zero-order valence-electron chi connectivity index (χ0n) is 18.4. The van der Waals surface area contributed by atoms with Gasteiger partial charge in [-0.2, -0.15) is 4.31 Å². The number of carbonyl (C=O) groups excluding carboxylic acids is 2. The molecule has 2 amide bonds. The Morgan fingerprint density at radius 2 is 1.73 bits per heavy atom. The quantitative estimate of drug-likeness (QED) is 0.647.